The third-order valence-electron chi connectivity index (χ3n) is 4.61. The van der Waals surface area contributed by atoms with Gasteiger partial charge < -0.3 is 10.6 Å². The normalized spacial score (nSPS) is 14.2. The van der Waals surface area contributed by atoms with Crippen molar-refractivity contribution >= 4 is 45.3 Å². The molecule has 0 aromatic heterocycles. The average molecular weight is 443 g/mol. The van der Waals surface area contributed by atoms with Gasteiger partial charge in [0.2, 0.25) is 0 Å². The van der Waals surface area contributed by atoms with Crippen LogP contribution in [-0.2, 0) is 9.59 Å². The lowest BCUT2D eigenvalue weighted by atomic mass is 10.1. The van der Waals surface area contributed by atoms with E-state index >= 15 is 0 Å². The van der Waals surface area contributed by atoms with Gasteiger partial charge in [-0.3, -0.25) is 9.59 Å². The molecular formula is C21H23BrN4O2. The van der Waals surface area contributed by atoms with Crippen molar-refractivity contribution in [2.45, 2.75) is 38.6 Å². The number of hydrazone groups is 1. The van der Waals surface area contributed by atoms with Crippen molar-refractivity contribution in [2.75, 3.05) is 5.32 Å². The first-order valence-electron chi connectivity index (χ1n) is 9.28. The van der Waals surface area contributed by atoms with Gasteiger partial charge in [-0.15, -0.1) is 0 Å². The van der Waals surface area contributed by atoms with Gasteiger partial charge in [0.1, 0.15) is 0 Å². The lowest BCUT2D eigenvalue weighted by Gasteiger charge is -2.11. The number of benzene rings is 2. The number of anilines is 2. The Balaban J connectivity index is 1.63. The summed E-state index contributed by atoms with van der Waals surface area (Å²) in [5.74, 6) is -1.40. The van der Waals surface area contributed by atoms with Crippen molar-refractivity contribution in [3.8, 4) is 0 Å². The largest absolute Gasteiger partial charge is 0.355 e. The van der Waals surface area contributed by atoms with Gasteiger partial charge in [0.15, 0.2) is 0 Å². The number of halogens is 1. The molecule has 3 N–H and O–H groups in total. The summed E-state index contributed by atoms with van der Waals surface area (Å²) in [5.41, 5.74) is 6.03. The molecule has 2 amide bonds. The molecule has 1 saturated carbocycles. The summed E-state index contributed by atoms with van der Waals surface area (Å²) in [6.07, 6.45) is 5.54. The molecule has 0 aliphatic heterocycles. The van der Waals surface area contributed by atoms with Gasteiger partial charge in [0, 0.05) is 27.5 Å². The van der Waals surface area contributed by atoms with E-state index in [-0.39, 0.29) is 6.04 Å². The van der Waals surface area contributed by atoms with E-state index in [2.05, 4.69) is 37.1 Å². The molecule has 2 aromatic rings. The number of nitrogens with one attached hydrogen (secondary N) is 3. The highest BCUT2D eigenvalue weighted by Gasteiger charge is 2.21. The highest BCUT2D eigenvalue weighted by atomic mass is 79.9. The Kier molecular flexibility index (Phi) is 6.81. The van der Waals surface area contributed by atoms with Crippen LogP contribution in [0.4, 0.5) is 11.4 Å². The number of carbonyl (C=O) groups excluding carboxylic acids is 2. The second-order valence-electron chi connectivity index (χ2n) is 6.88. The minimum Gasteiger partial charge on any atom is -0.355 e. The fourth-order valence-corrected chi connectivity index (χ4v) is 3.46. The Morgan fingerprint density at radius 1 is 1.07 bits per heavy atom. The Morgan fingerprint density at radius 2 is 1.79 bits per heavy atom. The highest BCUT2D eigenvalue weighted by molar-refractivity contribution is 9.10. The molecule has 0 spiro atoms. The molecule has 28 heavy (non-hydrogen) atoms. The minimum atomic E-state index is -0.758. The molecule has 0 saturated heterocycles. The Bertz CT molecular complexity index is 874. The van der Waals surface area contributed by atoms with Crippen LogP contribution in [0.15, 0.2) is 52.0 Å². The topological polar surface area (TPSA) is 82.6 Å². The summed E-state index contributed by atoms with van der Waals surface area (Å²) in [4.78, 5) is 23.8. The molecule has 3 rings (SSSR count). The molecule has 0 unspecified atom stereocenters. The molecule has 0 radical (unpaired) electrons. The first-order chi connectivity index (χ1) is 13.5. The maximum absolute atomic E-state index is 11.9. The Labute approximate surface area is 172 Å². The Hall–Kier alpha value is -2.67. The predicted octanol–water partition coefficient (Wildman–Crippen LogP) is 4.01. The zero-order valence-electron chi connectivity index (χ0n) is 15.7. The quantitative estimate of drug-likeness (QED) is 0.371. The summed E-state index contributed by atoms with van der Waals surface area (Å²) in [7, 11) is 0. The second kappa shape index (κ2) is 9.50. The predicted molar refractivity (Wildman–Crippen MR) is 115 cm³/mol. The van der Waals surface area contributed by atoms with Crippen LogP contribution >= 0.6 is 15.9 Å². The van der Waals surface area contributed by atoms with Gasteiger partial charge in [0.25, 0.3) is 0 Å². The number of amides is 2. The van der Waals surface area contributed by atoms with Crippen LogP contribution in [0.2, 0.25) is 0 Å². The van der Waals surface area contributed by atoms with Crippen molar-refractivity contribution in [3.63, 3.8) is 0 Å². The fourth-order valence-electron chi connectivity index (χ4n) is 3.08. The van der Waals surface area contributed by atoms with Crippen LogP contribution in [0.3, 0.4) is 0 Å². The lowest BCUT2D eigenvalue weighted by Crippen LogP contribution is -2.42. The van der Waals surface area contributed by atoms with Crippen molar-refractivity contribution in [2.24, 2.45) is 5.10 Å². The molecule has 0 bridgehead atoms. The summed E-state index contributed by atoms with van der Waals surface area (Å²) in [5, 5.41) is 10.0. The number of hydrogen-bond donors (Lipinski definition) is 3. The van der Waals surface area contributed by atoms with E-state index < -0.39 is 11.8 Å². The smallest absolute Gasteiger partial charge is 0.329 e. The zero-order valence-corrected chi connectivity index (χ0v) is 17.3. The third-order valence-corrected chi connectivity index (χ3v) is 5.10. The number of aryl methyl sites for hydroxylation is 1. The Morgan fingerprint density at radius 3 is 2.50 bits per heavy atom. The van der Waals surface area contributed by atoms with Crippen molar-refractivity contribution in [1.29, 1.82) is 0 Å². The summed E-state index contributed by atoms with van der Waals surface area (Å²) in [6.45, 7) is 2.03. The lowest BCUT2D eigenvalue weighted by molar-refractivity contribution is -0.139. The SMILES string of the molecule is Cc1ccc(Nc2ccc(Br)cc2/C=N\NC(=O)C(=O)NC2CCCC2)cc1. The zero-order chi connectivity index (χ0) is 19.9. The monoisotopic (exact) mass is 442 g/mol. The molecule has 1 aliphatic carbocycles. The maximum Gasteiger partial charge on any atom is 0.329 e. The average Bonchev–Trinajstić information content (AvgIpc) is 3.18. The fraction of sp³-hybridized carbons (Fsp3) is 0.286. The first kappa shape index (κ1) is 20.1. The summed E-state index contributed by atoms with van der Waals surface area (Å²) in [6, 6.07) is 13.8. The van der Waals surface area contributed by atoms with E-state index in [4.69, 9.17) is 0 Å². The highest BCUT2D eigenvalue weighted by Crippen LogP contribution is 2.23. The standard InChI is InChI=1S/C21H23BrN4O2/c1-14-6-9-18(10-7-14)24-19-11-8-16(22)12-15(19)13-23-26-21(28)20(27)25-17-4-2-3-5-17/h6-13,17,24H,2-5H2,1H3,(H,25,27)(H,26,28)/b23-13-. The van der Waals surface area contributed by atoms with E-state index in [9.17, 15) is 9.59 Å². The van der Waals surface area contributed by atoms with Gasteiger partial charge in [0.05, 0.1) is 6.21 Å². The molecule has 0 heterocycles. The number of carbonyl (C=O) groups is 2. The van der Waals surface area contributed by atoms with Gasteiger partial charge in [-0.1, -0.05) is 46.5 Å². The molecule has 1 aliphatic rings. The van der Waals surface area contributed by atoms with E-state index in [1.54, 1.807) is 0 Å². The van der Waals surface area contributed by atoms with Crippen LogP contribution in [0.25, 0.3) is 0 Å². The molecular weight excluding hydrogens is 420 g/mol. The summed E-state index contributed by atoms with van der Waals surface area (Å²) >= 11 is 3.44. The minimum absolute atomic E-state index is 0.0950. The van der Waals surface area contributed by atoms with Gasteiger partial charge in [-0.2, -0.15) is 5.10 Å². The summed E-state index contributed by atoms with van der Waals surface area (Å²) < 4.78 is 0.883. The number of nitrogens with zero attached hydrogens (tertiary/aromatic N) is 1. The van der Waals surface area contributed by atoms with Crippen molar-refractivity contribution in [1.82, 2.24) is 10.7 Å². The second-order valence-corrected chi connectivity index (χ2v) is 7.79. The molecule has 0 atom stereocenters. The molecule has 2 aromatic carbocycles. The van der Waals surface area contributed by atoms with Gasteiger partial charge in [-0.05, 0) is 50.1 Å². The molecule has 7 heteroatoms. The third kappa shape index (κ3) is 5.66. The van der Waals surface area contributed by atoms with E-state index in [0.717, 1.165) is 47.1 Å². The molecule has 6 nitrogen and oxygen atoms in total. The van der Waals surface area contributed by atoms with Crippen LogP contribution in [-0.4, -0.2) is 24.1 Å². The number of rotatable bonds is 5. The first-order valence-corrected chi connectivity index (χ1v) is 10.1. The number of hydrogen-bond acceptors (Lipinski definition) is 4. The van der Waals surface area contributed by atoms with Crippen LogP contribution in [0.5, 0.6) is 0 Å². The maximum atomic E-state index is 11.9. The van der Waals surface area contributed by atoms with Gasteiger partial charge in [-0.25, -0.2) is 5.43 Å². The van der Waals surface area contributed by atoms with Crippen molar-refractivity contribution in [3.05, 3.63) is 58.1 Å². The van der Waals surface area contributed by atoms with E-state index in [1.165, 1.54) is 11.8 Å². The van der Waals surface area contributed by atoms with Gasteiger partial charge >= 0.3 is 11.8 Å². The van der Waals surface area contributed by atoms with E-state index in [0.29, 0.717) is 0 Å². The van der Waals surface area contributed by atoms with Crippen LogP contribution < -0.4 is 16.1 Å². The van der Waals surface area contributed by atoms with E-state index in [1.807, 2.05) is 49.4 Å². The molecule has 146 valence electrons. The van der Waals surface area contributed by atoms with Crippen LogP contribution in [0.1, 0.15) is 36.8 Å². The van der Waals surface area contributed by atoms with Crippen molar-refractivity contribution < 1.29 is 9.59 Å². The molecule has 1 fully saturated rings. The van der Waals surface area contributed by atoms with Crippen LogP contribution in [0, 0.1) is 6.92 Å².